The first-order valence-electron chi connectivity index (χ1n) is 7.89. The zero-order valence-electron chi connectivity index (χ0n) is 14.2. The molecule has 0 unspecified atom stereocenters. The second-order valence-corrected chi connectivity index (χ2v) is 6.89. The number of amides is 1. The molecule has 0 atom stereocenters. The first kappa shape index (κ1) is 14.8. The van der Waals surface area contributed by atoms with Gasteiger partial charge in [0, 0.05) is 25.3 Å². The molecule has 0 saturated heterocycles. The van der Waals surface area contributed by atoms with Gasteiger partial charge in [-0.3, -0.25) is 4.79 Å². The van der Waals surface area contributed by atoms with Crippen LogP contribution in [-0.4, -0.2) is 27.6 Å². The Kier molecular flexibility index (Phi) is 2.83. The molecule has 24 heavy (non-hydrogen) atoms. The van der Waals surface area contributed by atoms with E-state index in [-0.39, 0.29) is 11.7 Å². The van der Waals surface area contributed by atoms with E-state index >= 15 is 0 Å². The van der Waals surface area contributed by atoms with Gasteiger partial charge in [-0.05, 0) is 55.8 Å². The van der Waals surface area contributed by atoms with E-state index in [9.17, 15) is 9.90 Å². The van der Waals surface area contributed by atoms with Crippen molar-refractivity contribution in [2.75, 3.05) is 11.9 Å². The molecular formula is C19H19N3O2. The van der Waals surface area contributed by atoms with Crippen molar-refractivity contribution < 1.29 is 9.90 Å². The number of benzene rings is 2. The maximum absolute atomic E-state index is 12.5. The molecule has 122 valence electrons. The summed E-state index contributed by atoms with van der Waals surface area (Å²) in [5.74, 6) is 1.17. The van der Waals surface area contributed by atoms with Gasteiger partial charge in [-0.15, -0.1) is 0 Å². The number of imidazole rings is 1. The van der Waals surface area contributed by atoms with Crippen LogP contribution < -0.4 is 4.90 Å². The number of fused-ring (bicyclic) bond motifs is 2. The van der Waals surface area contributed by atoms with Crippen LogP contribution in [0.5, 0.6) is 5.75 Å². The summed E-state index contributed by atoms with van der Waals surface area (Å²) < 4.78 is 2.03. The number of aryl methyl sites for hydroxylation is 1. The van der Waals surface area contributed by atoms with Crippen LogP contribution in [0.3, 0.4) is 0 Å². The number of hydrogen-bond acceptors (Lipinski definition) is 3. The standard InChI is InChI=1S/C19H19N3O2/c1-19(2)13-9-16-14(10-15(13)22(4)18(19)24)20-17(21(16)3)11-5-7-12(23)8-6-11/h5-10,23H,1-4H3. The highest BCUT2D eigenvalue weighted by Crippen LogP contribution is 2.43. The second-order valence-electron chi connectivity index (χ2n) is 6.89. The third-order valence-electron chi connectivity index (χ3n) is 5.00. The van der Waals surface area contributed by atoms with E-state index in [1.54, 1.807) is 17.0 Å². The van der Waals surface area contributed by atoms with Crippen molar-refractivity contribution in [1.82, 2.24) is 9.55 Å². The van der Waals surface area contributed by atoms with E-state index in [4.69, 9.17) is 4.98 Å². The second kappa shape index (κ2) is 4.60. The number of nitrogens with zero attached hydrogens (tertiary/aromatic N) is 3. The lowest BCUT2D eigenvalue weighted by Gasteiger charge is -2.16. The molecule has 2 aromatic carbocycles. The molecule has 5 heteroatoms. The topological polar surface area (TPSA) is 58.4 Å². The average molecular weight is 321 g/mol. The Morgan fingerprint density at radius 1 is 1.08 bits per heavy atom. The molecule has 0 radical (unpaired) electrons. The lowest BCUT2D eigenvalue weighted by molar-refractivity contribution is -0.121. The molecule has 0 spiro atoms. The normalized spacial score (nSPS) is 16.0. The van der Waals surface area contributed by atoms with E-state index in [0.29, 0.717) is 0 Å². The number of carbonyl (C=O) groups is 1. The van der Waals surface area contributed by atoms with Crippen LogP contribution in [-0.2, 0) is 17.3 Å². The Balaban J connectivity index is 1.96. The Labute approximate surface area is 140 Å². The van der Waals surface area contributed by atoms with E-state index in [2.05, 4.69) is 6.07 Å². The SMILES string of the molecule is CN1C(=O)C(C)(C)c2cc3c(cc21)nc(-c1ccc(O)cc1)n3C. The van der Waals surface area contributed by atoms with Crippen molar-refractivity contribution >= 4 is 22.6 Å². The van der Waals surface area contributed by atoms with Crippen LogP contribution >= 0.6 is 0 Å². The fourth-order valence-corrected chi connectivity index (χ4v) is 3.52. The number of carbonyl (C=O) groups excluding carboxylic acids is 1. The van der Waals surface area contributed by atoms with Crippen LogP contribution in [0.25, 0.3) is 22.4 Å². The van der Waals surface area contributed by atoms with E-state index in [1.807, 2.05) is 50.7 Å². The highest BCUT2D eigenvalue weighted by Gasteiger charge is 2.42. The third-order valence-corrected chi connectivity index (χ3v) is 5.00. The quantitative estimate of drug-likeness (QED) is 0.749. The minimum absolute atomic E-state index is 0.103. The molecule has 0 saturated carbocycles. The van der Waals surface area contributed by atoms with Crippen molar-refractivity contribution in [2.45, 2.75) is 19.3 Å². The highest BCUT2D eigenvalue weighted by atomic mass is 16.3. The van der Waals surface area contributed by atoms with Crippen molar-refractivity contribution in [1.29, 1.82) is 0 Å². The van der Waals surface area contributed by atoms with Crippen molar-refractivity contribution in [3.8, 4) is 17.1 Å². The molecular weight excluding hydrogens is 302 g/mol. The minimum Gasteiger partial charge on any atom is -0.508 e. The molecule has 1 N–H and O–H groups in total. The summed E-state index contributed by atoms with van der Waals surface area (Å²) in [6, 6.07) is 11.1. The Morgan fingerprint density at radius 3 is 2.42 bits per heavy atom. The monoisotopic (exact) mass is 321 g/mol. The highest BCUT2D eigenvalue weighted by molar-refractivity contribution is 6.09. The average Bonchev–Trinajstić information content (AvgIpc) is 2.96. The van der Waals surface area contributed by atoms with Gasteiger partial charge in [-0.25, -0.2) is 4.98 Å². The number of phenolic OH excluding ortho intramolecular Hbond substituents is 1. The molecule has 4 rings (SSSR count). The van der Waals surface area contributed by atoms with Crippen molar-refractivity contribution in [3.63, 3.8) is 0 Å². The fraction of sp³-hybridized carbons (Fsp3) is 0.263. The van der Waals surface area contributed by atoms with Crippen LogP contribution in [0.1, 0.15) is 19.4 Å². The Morgan fingerprint density at radius 2 is 1.75 bits per heavy atom. The third kappa shape index (κ3) is 1.81. The van der Waals surface area contributed by atoms with Crippen LogP contribution in [0.4, 0.5) is 5.69 Å². The summed E-state index contributed by atoms with van der Waals surface area (Å²) in [7, 11) is 3.78. The molecule has 2 heterocycles. The summed E-state index contributed by atoms with van der Waals surface area (Å²) in [5, 5.41) is 9.47. The first-order chi connectivity index (χ1) is 11.3. The Hall–Kier alpha value is -2.82. The lowest BCUT2D eigenvalue weighted by atomic mass is 9.86. The fourth-order valence-electron chi connectivity index (χ4n) is 3.52. The summed E-state index contributed by atoms with van der Waals surface area (Å²) in [5.41, 5.74) is 4.22. The number of anilines is 1. The molecule has 0 aliphatic carbocycles. The number of phenols is 1. The van der Waals surface area contributed by atoms with Gasteiger partial charge in [-0.2, -0.15) is 0 Å². The minimum atomic E-state index is -0.527. The van der Waals surface area contributed by atoms with Gasteiger partial charge in [-0.1, -0.05) is 0 Å². The molecule has 1 aliphatic rings. The summed E-state index contributed by atoms with van der Waals surface area (Å²) in [4.78, 5) is 18.9. The molecule has 5 nitrogen and oxygen atoms in total. The maximum Gasteiger partial charge on any atom is 0.236 e. The summed E-state index contributed by atoms with van der Waals surface area (Å²) in [6.07, 6.45) is 0. The number of aromatic hydroxyl groups is 1. The van der Waals surface area contributed by atoms with Gasteiger partial charge in [0.05, 0.1) is 16.4 Å². The predicted molar refractivity (Wildman–Crippen MR) is 94.3 cm³/mol. The molecule has 0 fully saturated rings. The van der Waals surface area contributed by atoms with Gasteiger partial charge in [0.2, 0.25) is 5.91 Å². The first-order valence-corrected chi connectivity index (χ1v) is 7.89. The van der Waals surface area contributed by atoms with E-state index in [1.165, 1.54) is 0 Å². The lowest BCUT2D eigenvalue weighted by Crippen LogP contribution is -2.33. The maximum atomic E-state index is 12.5. The van der Waals surface area contributed by atoms with Crippen LogP contribution in [0.15, 0.2) is 36.4 Å². The summed E-state index contributed by atoms with van der Waals surface area (Å²) >= 11 is 0. The van der Waals surface area contributed by atoms with Crippen LogP contribution in [0, 0.1) is 0 Å². The number of hydrogen-bond donors (Lipinski definition) is 1. The Bertz CT molecular complexity index is 984. The largest absolute Gasteiger partial charge is 0.508 e. The molecule has 1 aliphatic heterocycles. The van der Waals surface area contributed by atoms with Crippen molar-refractivity contribution in [3.05, 3.63) is 42.0 Å². The van der Waals surface area contributed by atoms with E-state index in [0.717, 1.165) is 33.7 Å². The molecule has 1 aromatic heterocycles. The number of rotatable bonds is 1. The molecule has 3 aromatic rings. The van der Waals surface area contributed by atoms with Crippen molar-refractivity contribution in [2.24, 2.45) is 7.05 Å². The van der Waals surface area contributed by atoms with Gasteiger partial charge in [0.15, 0.2) is 0 Å². The van der Waals surface area contributed by atoms with Gasteiger partial charge < -0.3 is 14.6 Å². The molecule has 0 bridgehead atoms. The molecule has 1 amide bonds. The van der Waals surface area contributed by atoms with Gasteiger partial charge in [0.25, 0.3) is 0 Å². The zero-order valence-corrected chi connectivity index (χ0v) is 14.2. The van der Waals surface area contributed by atoms with E-state index < -0.39 is 5.41 Å². The van der Waals surface area contributed by atoms with Crippen LogP contribution in [0.2, 0.25) is 0 Å². The number of aromatic nitrogens is 2. The predicted octanol–water partition coefficient (Wildman–Crippen LogP) is 3.20. The smallest absolute Gasteiger partial charge is 0.236 e. The van der Waals surface area contributed by atoms with Gasteiger partial charge >= 0.3 is 0 Å². The van der Waals surface area contributed by atoms with Gasteiger partial charge in [0.1, 0.15) is 11.6 Å². The number of likely N-dealkylation sites (N-methyl/N-ethyl adjacent to an activating group) is 1. The zero-order chi connectivity index (χ0) is 17.2. The summed E-state index contributed by atoms with van der Waals surface area (Å²) in [6.45, 7) is 3.92.